The van der Waals surface area contributed by atoms with Crippen molar-refractivity contribution in [3.05, 3.63) is 0 Å². The molecule has 1 aliphatic heterocycles. The van der Waals surface area contributed by atoms with Crippen LogP contribution in [0.15, 0.2) is 0 Å². The van der Waals surface area contributed by atoms with E-state index >= 15 is 0 Å². The molecular formula is C18H25F2N3O2. The fraction of sp³-hybridized carbons (Fsp3) is 0.833. The molecule has 0 aromatic heterocycles. The molecule has 1 atom stereocenters. The normalized spacial score (nSPS) is 24.3. The van der Waals surface area contributed by atoms with Gasteiger partial charge in [0.15, 0.2) is 5.78 Å². The lowest BCUT2D eigenvalue weighted by molar-refractivity contribution is -0.124. The predicted molar refractivity (Wildman–Crippen MR) is 86.9 cm³/mol. The van der Waals surface area contributed by atoms with Gasteiger partial charge < -0.3 is 10.2 Å². The molecule has 3 fully saturated rings. The fourth-order valence-electron chi connectivity index (χ4n) is 3.64. The Hall–Kier alpha value is -1.71. The molecule has 3 rings (SSSR count). The Morgan fingerprint density at radius 1 is 1.20 bits per heavy atom. The largest absolute Gasteiger partial charge is 0.328 e. The first-order valence-corrected chi connectivity index (χ1v) is 9.03. The van der Waals surface area contributed by atoms with Crippen LogP contribution in [0.5, 0.6) is 0 Å². The number of halogens is 2. The number of nitriles is 1. The van der Waals surface area contributed by atoms with Crippen molar-refractivity contribution in [1.29, 1.82) is 5.26 Å². The van der Waals surface area contributed by atoms with E-state index in [-0.39, 0.29) is 6.42 Å². The summed E-state index contributed by atoms with van der Waals surface area (Å²) in [6.07, 6.45) is 4.76. The molecule has 2 saturated carbocycles. The van der Waals surface area contributed by atoms with Gasteiger partial charge in [0.05, 0.1) is 17.5 Å². The number of ketones is 1. The lowest BCUT2D eigenvalue weighted by atomic mass is 9.93. The summed E-state index contributed by atoms with van der Waals surface area (Å²) in [4.78, 5) is 26.5. The molecule has 3 aliphatic rings. The smallest absolute Gasteiger partial charge is 0.317 e. The molecule has 1 saturated heterocycles. The molecule has 0 aromatic rings. The summed E-state index contributed by atoms with van der Waals surface area (Å²) < 4.78 is 27.0. The Kier molecular flexibility index (Phi) is 4.50. The molecule has 0 unspecified atom stereocenters. The average molecular weight is 353 g/mol. The molecule has 138 valence electrons. The van der Waals surface area contributed by atoms with Crippen molar-refractivity contribution in [2.45, 2.75) is 70.3 Å². The summed E-state index contributed by atoms with van der Waals surface area (Å²) in [6, 6.07) is 0.417. The number of nitrogens with zero attached hydrogens (tertiary/aromatic N) is 2. The number of rotatable bonds is 6. The number of carbonyl (C=O) groups is 2. The number of piperidine rings is 1. The number of nitrogens with one attached hydrogen (secondary N) is 1. The minimum atomic E-state index is -3.06. The van der Waals surface area contributed by atoms with Crippen LogP contribution in [-0.2, 0) is 4.79 Å². The standard InChI is InChI=1S/C18H25F2N3O2/c1-16(19,20)10-13(14(24)11-18(12-21)4-5-18)22-15(25)23-8-6-17(2-3-17)7-9-23/h13H,2-11H2,1H3,(H,22,25)/t13-/m0/s1. The number of amides is 2. The average Bonchev–Trinajstić information content (AvgIpc) is 3.45. The Labute approximate surface area is 146 Å². The molecule has 7 heteroatoms. The maximum absolute atomic E-state index is 13.5. The van der Waals surface area contributed by atoms with Gasteiger partial charge in [-0.25, -0.2) is 13.6 Å². The van der Waals surface area contributed by atoms with Crippen molar-refractivity contribution in [1.82, 2.24) is 10.2 Å². The summed E-state index contributed by atoms with van der Waals surface area (Å²) in [6.45, 7) is 1.96. The van der Waals surface area contributed by atoms with Gasteiger partial charge in [-0.15, -0.1) is 0 Å². The van der Waals surface area contributed by atoms with Gasteiger partial charge in [-0.05, 0) is 50.9 Å². The highest BCUT2D eigenvalue weighted by Gasteiger charge is 2.48. The fourth-order valence-corrected chi connectivity index (χ4v) is 3.64. The molecule has 1 spiro atoms. The van der Waals surface area contributed by atoms with Crippen molar-refractivity contribution < 1.29 is 18.4 Å². The number of carbonyl (C=O) groups excluding carboxylic acids is 2. The highest BCUT2D eigenvalue weighted by molar-refractivity contribution is 5.89. The van der Waals surface area contributed by atoms with Gasteiger partial charge in [-0.1, -0.05) is 0 Å². The minimum absolute atomic E-state index is 0.0619. The SMILES string of the molecule is CC(F)(F)C[C@H](NC(=O)N1CCC2(CC1)CC2)C(=O)CC1(C#N)CC1. The first kappa shape index (κ1) is 18.1. The monoisotopic (exact) mass is 353 g/mol. The van der Waals surface area contributed by atoms with Crippen LogP contribution in [0.25, 0.3) is 0 Å². The Balaban J connectivity index is 1.59. The van der Waals surface area contributed by atoms with E-state index in [1.54, 1.807) is 4.90 Å². The van der Waals surface area contributed by atoms with Crippen LogP contribution >= 0.6 is 0 Å². The maximum atomic E-state index is 13.5. The molecule has 0 bridgehead atoms. The molecule has 25 heavy (non-hydrogen) atoms. The summed E-state index contributed by atoms with van der Waals surface area (Å²) in [5.41, 5.74) is -0.292. The zero-order chi connectivity index (χ0) is 18.3. The van der Waals surface area contributed by atoms with Crippen molar-refractivity contribution >= 4 is 11.8 Å². The van der Waals surface area contributed by atoms with E-state index in [2.05, 4.69) is 11.4 Å². The molecule has 0 radical (unpaired) electrons. The third-order valence-electron chi connectivity index (χ3n) is 5.92. The van der Waals surface area contributed by atoms with Gasteiger partial charge in [0.1, 0.15) is 0 Å². The summed E-state index contributed by atoms with van der Waals surface area (Å²) in [5.74, 6) is -3.53. The van der Waals surface area contributed by atoms with Crippen molar-refractivity contribution in [2.24, 2.45) is 10.8 Å². The van der Waals surface area contributed by atoms with Crippen LogP contribution in [0.1, 0.15) is 58.3 Å². The second-order valence-corrected chi connectivity index (χ2v) is 8.30. The molecular weight excluding hydrogens is 328 g/mol. The quantitative estimate of drug-likeness (QED) is 0.797. The van der Waals surface area contributed by atoms with Crippen LogP contribution in [-0.4, -0.2) is 41.8 Å². The molecule has 5 nitrogen and oxygen atoms in total. The van der Waals surface area contributed by atoms with E-state index < -0.39 is 35.6 Å². The van der Waals surface area contributed by atoms with E-state index in [9.17, 15) is 18.4 Å². The van der Waals surface area contributed by atoms with E-state index in [0.717, 1.165) is 19.8 Å². The Morgan fingerprint density at radius 2 is 1.80 bits per heavy atom. The predicted octanol–water partition coefficient (Wildman–Crippen LogP) is 3.25. The minimum Gasteiger partial charge on any atom is -0.328 e. The van der Waals surface area contributed by atoms with E-state index in [1.807, 2.05) is 0 Å². The third kappa shape index (κ3) is 4.47. The van der Waals surface area contributed by atoms with Gasteiger partial charge in [-0.3, -0.25) is 4.79 Å². The van der Waals surface area contributed by atoms with Crippen molar-refractivity contribution in [3.63, 3.8) is 0 Å². The van der Waals surface area contributed by atoms with Crippen LogP contribution in [0.4, 0.5) is 13.6 Å². The van der Waals surface area contributed by atoms with Crippen LogP contribution < -0.4 is 5.32 Å². The van der Waals surface area contributed by atoms with Gasteiger partial charge in [0, 0.05) is 25.9 Å². The second-order valence-electron chi connectivity index (χ2n) is 8.30. The van der Waals surface area contributed by atoms with Gasteiger partial charge >= 0.3 is 6.03 Å². The summed E-state index contributed by atoms with van der Waals surface area (Å²) in [5, 5.41) is 11.6. The number of hydrogen-bond acceptors (Lipinski definition) is 3. The maximum Gasteiger partial charge on any atom is 0.317 e. The molecule has 2 aliphatic carbocycles. The Morgan fingerprint density at radius 3 is 2.24 bits per heavy atom. The van der Waals surface area contributed by atoms with Crippen molar-refractivity contribution in [3.8, 4) is 6.07 Å². The number of likely N-dealkylation sites (tertiary alicyclic amines) is 1. The van der Waals surface area contributed by atoms with Crippen LogP contribution in [0.3, 0.4) is 0 Å². The first-order valence-electron chi connectivity index (χ1n) is 9.03. The van der Waals surface area contributed by atoms with E-state index in [1.165, 1.54) is 12.8 Å². The summed E-state index contributed by atoms with van der Waals surface area (Å²) >= 11 is 0. The highest BCUT2D eigenvalue weighted by Crippen LogP contribution is 2.53. The van der Waals surface area contributed by atoms with Crippen LogP contribution in [0.2, 0.25) is 0 Å². The molecule has 0 aromatic carbocycles. The zero-order valence-corrected chi connectivity index (χ0v) is 14.6. The third-order valence-corrected chi connectivity index (χ3v) is 5.92. The van der Waals surface area contributed by atoms with Gasteiger partial charge in [0.25, 0.3) is 0 Å². The lowest BCUT2D eigenvalue weighted by Gasteiger charge is -2.33. The zero-order valence-electron chi connectivity index (χ0n) is 14.6. The topological polar surface area (TPSA) is 73.2 Å². The van der Waals surface area contributed by atoms with Gasteiger partial charge in [-0.2, -0.15) is 5.26 Å². The summed E-state index contributed by atoms with van der Waals surface area (Å²) in [7, 11) is 0. The van der Waals surface area contributed by atoms with Crippen LogP contribution in [0, 0.1) is 22.2 Å². The molecule has 1 N–H and O–H groups in total. The lowest BCUT2D eigenvalue weighted by Crippen LogP contribution is -2.51. The second kappa shape index (κ2) is 6.22. The van der Waals surface area contributed by atoms with Gasteiger partial charge in [0.2, 0.25) is 5.92 Å². The number of urea groups is 1. The van der Waals surface area contributed by atoms with E-state index in [4.69, 9.17) is 5.26 Å². The highest BCUT2D eigenvalue weighted by atomic mass is 19.3. The van der Waals surface area contributed by atoms with Crippen molar-refractivity contribution in [2.75, 3.05) is 13.1 Å². The number of Topliss-reactive ketones (excluding diaryl/α,β-unsaturated/α-hetero) is 1. The number of hydrogen-bond donors (Lipinski definition) is 1. The molecule has 1 heterocycles. The number of alkyl halides is 2. The Bertz CT molecular complexity index is 590. The molecule has 2 amide bonds. The first-order chi connectivity index (χ1) is 11.7. The van der Waals surface area contributed by atoms with E-state index in [0.29, 0.717) is 31.3 Å².